The number of amides is 1. The van der Waals surface area contributed by atoms with E-state index in [1.807, 2.05) is 27.6 Å². The number of imidazole rings is 1. The number of ether oxygens (including phenoxy) is 1. The molecule has 0 radical (unpaired) electrons. The molecule has 3 aromatic rings. The van der Waals surface area contributed by atoms with Crippen LogP contribution in [0.25, 0.3) is 16.9 Å². The predicted octanol–water partition coefficient (Wildman–Crippen LogP) is 2.37. The lowest BCUT2D eigenvalue weighted by molar-refractivity contribution is -0.134. The van der Waals surface area contributed by atoms with Crippen LogP contribution in [0.3, 0.4) is 0 Å². The Morgan fingerprint density at radius 3 is 2.89 bits per heavy atom. The highest BCUT2D eigenvalue weighted by atomic mass is 16.5. The largest absolute Gasteiger partial charge is 0.378 e. The third-order valence-corrected chi connectivity index (χ3v) is 4.83. The number of rotatable bonds is 5. The zero-order valence-electron chi connectivity index (χ0n) is 15.4. The number of aryl methyl sites for hydroxylation is 1. The Morgan fingerprint density at radius 2 is 2.07 bits per heavy atom. The summed E-state index contributed by atoms with van der Waals surface area (Å²) in [7, 11) is 0. The number of anilines is 1. The first kappa shape index (κ1) is 17.5. The van der Waals surface area contributed by atoms with Crippen LogP contribution in [0.4, 0.5) is 5.82 Å². The summed E-state index contributed by atoms with van der Waals surface area (Å²) in [5.74, 6) is 1.04. The van der Waals surface area contributed by atoms with Crippen LogP contribution in [0.5, 0.6) is 0 Å². The van der Waals surface area contributed by atoms with Crippen LogP contribution in [0.1, 0.15) is 12.0 Å². The number of carbonyl (C=O) groups is 1. The third kappa shape index (κ3) is 3.64. The molecule has 7 nitrogen and oxygen atoms in total. The van der Waals surface area contributed by atoms with Crippen molar-refractivity contribution >= 4 is 17.4 Å². The van der Waals surface area contributed by atoms with Crippen molar-refractivity contribution in [1.29, 1.82) is 0 Å². The first-order chi connectivity index (χ1) is 13.2. The number of fused-ring (bicyclic) bond motifs is 1. The maximum atomic E-state index is 12.4. The minimum atomic E-state index is 0.152. The van der Waals surface area contributed by atoms with Crippen molar-refractivity contribution in [3.8, 4) is 11.3 Å². The van der Waals surface area contributed by atoms with Crippen molar-refractivity contribution in [3.63, 3.8) is 0 Å². The maximum absolute atomic E-state index is 12.4. The SMILES string of the molecule is Cc1ccccc1-c1nc2cnccn2c1NCCC(=O)N1CCOCC1. The second kappa shape index (κ2) is 7.75. The average molecular weight is 365 g/mol. The topological polar surface area (TPSA) is 71.8 Å². The zero-order valence-corrected chi connectivity index (χ0v) is 15.4. The van der Waals surface area contributed by atoms with Gasteiger partial charge in [0.1, 0.15) is 11.5 Å². The number of hydrogen-bond donors (Lipinski definition) is 1. The van der Waals surface area contributed by atoms with Gasteiger partial charge in [-0.3, -0.25) is 14.2 Å². The highest BCUT2D eigenvalue weighted by molar-refractivity contribution is 5.79. The van der Waals surface area contributed by atoms with Crippen LogP contribution in [0.15, 0.2) is 42.9 Å². The number of aromatic nitrogens is 3. The molecule has 1 saturated heterocycles. The Kier molecular flexibility index (Phi) is 5.02. The van der Waals surface area contributed by atoms with E-state index in [1.54, 1.807) is 12.4 Å². The van der Waals surface area contributed by atoms with Crippen molar-refractivity contribution in [1.82, 2.24) is 19.3 Å². The van der Waals surface area contributed by atoms with E-state index in [-0.39, 0.29) is 5.91 Å². The standard InChI is InChI=1S/C20H23N5O2/c1-15-4-2-3-5-16(15)19-20(25-9-8-21-14-17(25)23-19)22-7-6-18(26)24-10-12-27-13-11-24/h2-5,8-9,14,22H,6-7,10-13H2,1H3. The van der Waals surface area contributed by atoms with Gasteiger partial charge in [0.2, 0.25) is 5.91 Å². The second-order valence-electron chi connectivity index (χ2n) is 6.60. The first-order valence-electron chi connectivity index (χ1n) is 9.21. The van der Waals surface area contributed by atoms with E-state index in [2.05, 4.69) is 29.4 Å². The number of morpholine rings is 1. The molecular weight excluding hydrogens is 342 g/mol. The molecular formula is C20H23N5O2. The minimum Gasteiger partial charge on any atom is -0.378 e. The lowest BCUT2D eigenvalue weighted by Gasteiger charge is -2.26. The Labute approximate surface area is 158 Å². The van der Waals surface area contributed by atoms with Crippen LogP contribution in [-0.2, 0) is 9.53 Å². The molecule has 1 aliphatic rings. The fourth-order valence-electron chi connectivity index (χ4n) is 3.36. The second-order valence-corrected chi connectivity index (χ2v) is 6.60. The van der Waals surface area contributed by atoms with Crippen molar-refractivity contribution in [3.05, 3.63) is 48.4 Å². The highest BCUT2D eigenvalue weighted by Crippen LogP contribution is 2.30. The Bertz CT molecular complexity index is 946. The van der Waals surface area contributed by atoms with E-state index in [9.17, 15) is 4.79 Å². The summed E-state index contributed by atoms with van der Waals surface area (Å²) in [6, 6.07) is 8.17. The van der Waals surface area contributed by atoms with Gasteiger partial charge in [-0.1, -0.05) is 24.3 Å². The molecule has 0 unspecified atom stereocenters. The summed E-state index contributed by atoms with van der Waals surface area (Å²) in [6.45, 7) is 5.21. The Hall–Kier alpha value is -2.93. The molecule has 0 spiro atoms. The van der Waals surface area contributed by atoms with E-state index in [4.69, 9.17) is 9.72 Å². The molecule has 1 aliphatic heterocycles. The van der Waals surface area contributed by atoms with E-state index in [0.717, 1.165) is 28.3 Å². The van der Waals surface area contributed by atoms with E-state index >= 15 is 0 Å². The first-order valence-corrected chi connectivity index (χ1v) is 9.21. The van der Waals surface area contributed by atoms with Crippen molar-refractivity contribution in [2.75, 3.05) is 38.2 Å². The highest BCUT2D eigenvalue weighted by Gasteiger charge is 2.18. The summed E-state index contributed by atoms with van der Waals surface area (Å²) in [4.78, 5) is 23.2. The number of nitrogens with one attached hydrogen (secondary N) is 1. The molecule has 7 heteroatoms. The Morgan fingerprint density at radius 1 is 1.26 bits per heavy atom. The fraction of sp³-hybridized carbons (Fsp3) is 0.350. The van der Waals surface area contributed by atoms with Gasteiger partial charge in [-0.25, -0.2) is 4.98 Å². The van der Waals surface area contributed by atoms with Crippen LogP contribution >= 0.6 is 0 Å². The lowest BCUT2D eigenvalue weighted by atomic mass is 10.1. The maximum Gasteiger partial charge on any atom is 0.224 e. The van der Waals surface area contributed by atoms with Crippen LogP contribution < -0.4 is 5.32 Å². The summed E-state index contributed by atoms with van der Waals surface area (Å²) < 4.78 is 7.29. The monoisotopic (exact) mass is 365 g/mol. The van der Waals surface area contributed by atoms with Gasteiger partial charge >= 0.3 is 0 Å². The normalized spacial score (nSPS) is 14.5. The smallest absolute Gasteiger partial charge is 0.224 e. The number of carbonyl (C=O) groups excluding carboxylic acids is 1. The summed E-state index contributed by atoms with van der Waals surface area (Å²) in [5.41, 5.74) is 3.88. The van der Waals surface area contributed by atoms with Gasteiger partial charge in [0.25, 0.3) is 0 Å². The van der Waals surface area contributed by atoms with Gasteiger partial charge in [-0.05, 0) is 12.5 Å². The van der Waals surface area contributed by atoms with Gasteiger partial charge in [-0.2, -0.15) is 0 Å². The van der Waals surface area contributed by atoms with Gasteiger partial charge in [0.15, 0.2) is 5.65 Å². The van der Waals surface area contributed by atoms with Crippen LogP contribution in [0, 0.1) is 6.92 Å². The summed E-state index contributed by atoms with van der Waals surface area (Å²) in [6.07, 6.45) is 5.80. The molecule has 0 bridgehead atoms. The average Bonchev–Trinajstić information content (AvgIpc) is 3.07. The van der Waals surface area contributed by atoms with Crippen molar-refractivity contribution < 1.29 is 9.53 Å². The molecule has 1 N–H and O–H groups in total. The van der Waals surface area contributed by atoms with Crippen molar-refractivity contribution in [2.45, 2.75) is 13.3 Å². The third-order valence-electron chi connectivity index (χ3n) is 4.83. The molecule has 0 saturated carbocycles. The molecule has 4 rings (SSSR count). The van der Waals surface area contributed by atoms with Crippen LogP contribution in [0.2, 0.25) is 0 Å². The van der Waals surface area contributed by atoms with Crippen LogP contribution in [-0.4, -0.2) is 58.0 Å². The molecule has 2 aromatic heterocycles. The summed E-state index contributed by atoms with van der Waals surface area (Å²) >= 11 is 0. The van der Waals surface area contributed by atoms with E-state index in [0.29, 0.717) is 39.3 Å². The molecule has 0 aliphatic carbocycles. The molecule has 0 atom stereocenters. The van der Waals surface area contributed by atoms with Gasteiger partial charge in [0, 0.05) is 44.0 Å². The lowest BCUT2D eigenvalue weighted by Crippen LogP contribution is -2.41. The fourth-order valence-corrected chi connectivity index (χ4v) is 3.36. The molecule has 1 amide bonds. The molecule has 1 aromatic carbocycles. The molecule has 27 heavy (non-hydrogen) atoms. The minimum absolute atomic E-state index is 0.152. The Balaban J connectivity index is 1.56. The van der Waals surface area contributed by atoms with E-state index < -0.39 is 0 Å². The number of benzene rings is 1. The van der Waals surface area contributed by atoms with Crippen molar-refractivity contribution in [2.24, 2.45) is 0 Å². The predicted molar refractivity (Wildman–Crippen MR) is 104 cm³/mol. The van der Waals surface area contributed by atoms with Gasteiger partial charge < -0.3 is 15.0 Å². The molecule has 1 fully saturated rings. The molecule has 3 heterocycles. The van der Waals surface area contributed by atoms with Gasteiger partial charge in [-0.15, -0.1) is 0 Å². The van der Waals surface area contributed by atoms with Gasteiger partial charge in [0.05, 0.1) is 19.4 Å². The number of nitrogens with zero attached hydrogens (tertiary/aromatic N) is 4. The quantitative estimate of drug-likeness (QED) is 0.752. The molecule has 140 valence electrons. The zero-order chi connectivity index (χ0) is 18.6. The summed E-state index contributed by atoms with van der Waals surface area (Å²) in [5, 5.41) is 3.43. The number of hydrogen-bond acceptors (Lipinski definition) is 5. The van der Waals surface area contributed by atoms with E-state index in [1.165, 1.54) is 0 Å².